The highest BCUT2D eigenvalue weighted by Crippen LogP contribution is 2.63. The molecule has 0 aromatic heterocycles. The van der Waals surface area contributed by atoms with Crippen LogP contribution in [0.2, 0.25) is 0 Å². The zero-order valence-corrected chi connectivity index (χ0v) is 19.9. The number of carbonyl (C=O) groups is 3. The molecule has 0 saturated heterocycles. The maximum absolute atomic E-state index is 12.9. The molecule has 0 bridgehead atoms. The number of esters is 1. The van der Waals surface area contributed by atoms with Gasteiger partial charge < -0.3 is 14.9 Å². The predicted molar refractivity (Wildman–Crippen MR) is 121 cm³/mol. The van der Waals surface area contributed by atoms with Crippen LogP contribution in [0.1, 0.15) is 77.3 Å². The quantitative estimate of drug-likeness (QED) is 0.469. The Hall–Kier alpha value is -2.37. The molecule has 0 heterocycles. The number of carbonyl (C=O) groups excluding carboxylic acids is 2. The van der Waals surface area contributed by atoms with E-state index in [1.165, 1.54) is 6.92 Å². The molecule has 0 spiro atoms. The van der Waals surface area contributed by atoms with Crippen molar-refractivity contribution in [2.75, 3.05) is 0 Å². The molecule has 1 aromatic carbocycles. The van der Waals surface area contributed by atoms with Crippen LogP contribution in [0.15, 0.2) is 12.1 Å². The SMILES string of the molecule is CC(=O)Oc1cc(C)c(O)c(CC2(C)C(C)CCC3(C)C(CCC(=O)O)C(=O)CCC23)c1. The maximum Gasteiger partial charge on any atom is 0.308 e. The van der Waals surface area contributed by atoms with Crippen LogP contribution in [0.5, 0.6) is 11.5 Å². The molecular formula is C26H36O6. The van der Waals surface area contributed by atoms with Crippen molar-refractivity contribution in [3.63, 3.8) is 0 Å². The van der Waals surface area contributed by atoms with Crippen molar-refractivity contribution < 1.29 is 29.3 Å². The Morgan fingerprint density at radius 1 is 1.22 bits per heavy atom. The summed E-state index contributed by atoms with van der Waals surface area (Å²) in [5, 5.41) is 20.0. The topological polar surface area (TPSA) is 101 Å². The molecule has 176 valence electrons. The minimum Gasteiger partial charge on any atom is -0.507 e. The lowest BCUT2D eigenvalue weighted by atomic mass is 9.44. The number of phenols is 1. The van der Waals surface area contributed by atoms with Gasteiger partial charge >= 0.3 is 11.9 Å². The first-order chi connectivity index (χ1) is 14.9. The van der Waals surface area contributed by atoms with Gasteiger partial charge in [-0.1, -0.05) is 20.8 Å². The Balaban J connectivity index is 1.99. The normalized spacial score (nSPS) is 32.3. The number of ether oxygens (including phenoxy) is 1. The molecule has 2 aliphatic rings. The van der Waals surface area contributed by atoms with E-state index in [0.29, 0.717) is 36.5 Å². The Morgan fingerprint density at radius 2 is 1.91 bits per heavy atom. The van der Waals surface area contributed by atoms with E-state index in [0.717, 1.165) is 24.8 Å². The molecule has 2 saturated carbocycles. The number of aryl methyl sites for hydroxylation is 1. The third-order valence-corrected chi connectivity index (χ3v) is 8.53. The lowest BCUT2D eigenvalue weighted by molar-refractivity contribution is -0.152. The number of ketones is 1. The molecule has 1 aromatic rings. The molecule has 2 aliphatic carbocycles. The van der Waals surface area contributed by atoms with Gasteiger partial charge in [0.05, 0.1) is 0 Å². The van der Waals surface area contributed by atoms with Crippen molar-refractivity contribution >= 4 is 17.7 Å². The molecule has 5 unspecified atom stereocenters. The fourth-order valence-corrected chi connectivity index (χ4v) is 6.68. The van der Waals surface area contributed by atoms with Crippen LogP contribution in [0.3, 0.4) is 0 Å². The summed E-state index contributed by atoms with van der Waals surface area (Å²) >= 11 is 0. The van der Waals surface area contributed by atoms with Gasteiger partial charge in [-0.2, -0.15) is 0 Å². The predicted octanol–water partition coefficient (Wildman–Crippen LogP) is 5.07. The standard InChI is InChI=1S/C26H36O6/c1-15-12-19(32-17(3)27)13-18(24(15)31)14-26(5)16(2)10-11-25(4)20(6-9-23(29)30)21(28)7-8-22(25)26/h12-13,16,20,22,31H,6-11,14H2,1-5H3,(H,29,30). The fourth-order valence-electron chi connectivity index (χ4n) is 6.68. The van der Waals surface area contributed by atoms with Crippen molar-refractivity contribution in [2.45, 2.75) is 79.6 Å². The highest BCUT2D eigenvalue weighted by atomic mass is 16.5. The second kappa shape index (κ2) is 8.87. The first-order valence-corrected chi connectivity index (χ1v) is 11.6. The monoisotopic (exact) mass is 444 g/mol. The van der Waals surface area contributed by atoms with Gasteiger partial charge in [-0.15, -0.1) is 0 Å². The Labute approximate surface area is 190 Å². The maximum atomic E-state index is 12.9. The highest BCUT2D eigenvalue weighted by Gasteiger charge is 2.58. The molecule has 0 radical (unpaired) electrons. The molecule has 2 fully saturated rings. The summed E-state index contributed by atoms with van der Waals surface area (Å²) in [7, 11) is 0. The molecule has 5 atom stereocenters. The first-order valence-electron chi connectivity index (χ1n) is 11.6. The van der Waals surface area contributed by atoms with Gasteiger partial charge in [0.25, 0.3) is 0 Å². The van der Waals surface area contributed by atoms with Gasteiger partial charge in [-0.05, 0) is 85.0 Å². The third-order valence-electron chi connectivity index (χ3n) is 8.53. The van der Waals surface area contributed by atoms with Gasteiger partial charge in [0.1, 0.15) is 17.3 Å². The average Bonchev–Trinajstić information content (AvgIpc) is 2.68. The summed E-state index contributed by atoms with van der Waals surface area (Å²) in [4.78, 5) is 35.6. The highest BCUT2D eigenvalue weighted by molar-refractivity contribution is 5.83. The molecule has 2 N–H and O–H groups in total. The van der Waals surface area contributed by atoms with E-state index >= 15 is 0 Å². The average molecular weight is 445 g/mol. The molecule has 6 heteroatoms. The Kier molecular flexibility index (Phi) is 6.73. The van der Waals surface area contributed by atoms with Crippen molar-refractivity contribution in [3.05, 3.63) is 23.3 Å². The smallest absolute Gasteiger partial charge is 0.308 e. The van der Waals surface area contributed by atoms with E-state index < -0.39 is 11.9 Å². The number of rotatable bonds is 6. The van der Waals surface area contributed by atoms with Crippen LogP contribution in [0.4, 0.5) is 0 Å². The minimum absolute atomic E-state index is 0.00932. The van der Waals surface area contributed by atoms with Crippen molar-refractivity contribution in [1.82, 2.24) is 0 Å². The number of carboxylic acid groups (broad SMARTS) is 1. The minimum atomic E-state index is -0.863. The number of aromatic hydroxyl groups is 1. The van der Waals surface area contributed by atoms with Crippen molar-refractivity contribution in [2.24, 2.45) is 28.6 Å². The van der Waals surface area contributed by atoms with E-state index in [9.17, 15) is 24.6 Å². The number of fused-ring (bicyclic) bond motifs is 1. The third kappa shape index (κ3) is 4.41. The summed E-state index contributed by atoms with van der Waals surface area (Å²) < 4.78 is 5.30. The van der Waals surface area contributed by atoms with E-state index in [2.05, 4.69) is 20.8 Å². The van der Waals surface area contributed by atoms with E-state index in [1.807, 2.05) is 0 Å². The summed E-state index contributed by atoms with van der Waals surface area (Å²) in [5.74, 6) is -0.0783. The molecule has 3 rings (SSSR count). The molecular weight excluding hydrogens is 408 g/mol. The summed E-state index contributed by atoms with van der Waals surface area (Å²) in [6, 6.07) is 3.42. The van der Waals surface area contributed by atoms with Crippen LogP contribution < -0.4 is 4.74 Å². The Bertz CT molecular complexity index is 921. The summed E-state index contributed by atoms with van der Waals surface area (Å²) in [6.45, 7) is 9.81. The number of hydrogen-bond donors (Lipinski definition) is 2. The van der Waals surface area contributed by atoms with Crippen LogP contribution in [-0.2, 0) is 20.8 Å². The second-order valence-electron chi connectivity index (χ2n) is 10.5. The van der Waals surface area contributed by atoms with E-state index in [4.69, 9.17) is 4.74 Å². The fraction of sp³-hybridized carbons (Fsp3) is 0.654. The molecule has 0 amide bonds. The number of phenolic OH excluding ortho intramolecular Hbond substituents is 1. The number of benzene rings is 1. The summed E-state index contributed by atoms with van der Waals surface area (Å²) in [6.07, 6.45) is 4.12. The van der Waals surface area contributed by atoms with Crippen LogP contribution >= 0.6 is 0 Å². The number of aliphatic carboxylic acids is 1. The number of carboxylic acids is 1. The molecule has 0 aliphatic heterocycles. The second-order valence-corrected chi connectivity index (χ2v) is 10.5. The van der Waals surface area contributed by atoms with Gasteiger partial charge in [0, 0.05) is 25.7 Å². The van der Waals surface area contributed by atoms with Gasteiger partial charge in [0.15, 0.2) is 0 Å². The largest absolute Gasteiger partial charge is 0.507 e. The van der Waals surface area contributed by atoms with Gasteiger partial charge in [-0.25, -0.2) is 0 Å². The zero-order valence-electron chi connectivity index (χ0n) is 19.9. The van der Waals surface area contributed by atoms with Crippen LogP contribution in [-0.4, -0.2) is 27.9 Å². The first kappa shape index (κ1) is 24.3. The van der Waals surface area contributed by atoms with Crippen LogP contribution in [0.25, 0.3) is 0 Å². The van der Waals surface area contributed by atoms with E-state index in [1.54, 1.807) is 19.1 Å². The molecule has 6 nitrogen and oxygen atoms in total. The van der Waals surface area contributed by atoms with Crippen LogP contribution in [0, 0.1) is 35.5 Å². The molecule has 32 heavy (non-hydrogen) atoms. The van der Waals surface area contributed by atoms with Gasteiger partial charge in [0.2, 0.25) is 0 Å². The van der Waals surface area contributed by atoms with E-state index in [-0.39, 0.29) is 40.6 Å². The zero-order chi connectivity index (χ0) is 23.8. The lowest BCUT2D eigenvalue weighted by Crippen LogP contribution is -2.56. The number of hydrogen-bond acceptors (Lipinski definition) is 5. The Morgan fingerprint density at radius 3 is 2.53 bits per heavy atom. The lowest BCUT2D eigenvalue weighted by Gasteiger charge is -2.60. The number of Topliss-reactive ketones (excluding diaryl/α,β-unsaturated/α-hetero) is 1. The van der Waals surface area contributed by atoms with Gasteiger partial charge in [-0.3, -0.25) is 14.4 Å². The summed E-state index contributed by atoms with van der Waals surface area (Å²) in [5.41, 5.74) is 0.962. The van der Waals surface area contributed by atoms with Crippen molar-refractivity contribution in [1.29, 1.82) is 0 Å². The van der Waals surface area contributed by atoms with Crippen molar-refractivity contribution in [3.8, 4) is 11.5 Å².